The van der Waals surface area contributed by atoms with Crippen LogP contribution in [0.5, 0.6) is 11.5 Å². The summed E-state index contributed by atoms with van der Waals surface area (Å²) in [6.45, 7) is 2.01. The van der Waals surface area contributed by atoms with Crippen LogP contribution < -0.4 is 0 Å². The van der Waals surface area contributed by atoms with Gasteiger partial charge in [0.15, 0.2) is 0 Å². The van der Waals surface area contributed by atoms with Gasteiger partial charge in [0.25, 0.3) is 0 Å². The largest absolute Gasteiger partial charge is 0.508 e. The molecule has 15 heavy (non-hydrogen) atoms. The second kappa shape index (κ2) is 3.65. The molecule has 0 amide bonds. The van der Waals surface area contributed by atoms with Gasteiger partial charge in [0.1, 0.15) is 11.5 Å². The van der Waals surface area contributed by atoms with Crippen LogP contribution in [0.2, 0.25) is 0 Å². The van der Waals surface area contributed by atoms with E-state index in [1.54, 1.807) is 6.07 Å². The molecule has 2 N–H and O–H groups in total. The molecule has 76 valence electrons. The molecule has 0 atom stereocenters. The number of phenolic OH excluding ortho intramolecular Hbond substituents is 2. The fourth-order valence-electron chi connectivity index (χ4n) is 1.49. The van der Waals surface area contributed by atoms with Crippen LogP contribution in [-0.2, 0) is 0 Å². The number of rotatable bonds is 1. The predicted octanol–water partition coefficient (Wildman–Crippen LogP) is 3.07. The Bertz CT molecular complexity index is 472. The number of hydrogen-bond acceptors (Lipinski definition) is 2. The molecular weight excluding hydrogens is 188 g/mol. The lowest BCUT2D eigenvalue weighted by atomic mass is 10.0. The van der Waals surface area contributed by atoms with Crippen LogP contribution in [-0.4, -0.2) is 10.2 Å². The Balaban J connectivity index is 2.53. The number of aromatic hydroxyl groups is 2. The minimum Gasteiger partial charge on any atom is -0.508 e. The Morgan fingerprint density at radius 1 is 0.867 bits per heavy atom. The van der Waals surface area contributed by atoms with Crippen molar-refractivity contribution in [3.05, 3.63) is 48.0 Å². The van der Waals surface area contributed by atoms with E-state index in [9.17, 15) is 10.2 Å². The number of hydrogen-bond donors (Lipinski definition) is 2. The molecule has 2 nitrogen and oxygen atoms in total. The highest BCUT2D eigenvalue weighted by atomic mass is 16.3. The molecule has 2 heteroatoms. The zero-order chi connectivity index (χ0) is 10.8. The van der Waals surface area contributed by atoms with E-state index >= 15 is 0 Å². The first-order chi connectivity index (χ1) is 7.16. The van der Waals surface area contributed by atoms with Crippen molar-refractivity contribution in [2.45, 2.75) is 6.92 Å². The molecule has 2 aromatic carbocycles. The van der Waals surface area contributed by atoms with Crippen LogP contribution >= 0.6 is 0 Å². The summed E-state index contributed by atoms with van der Waals surface area (Å²) in [7, 11) is 0. The Kier molecular flexibility index (Phi) is 2.34. The molecule has 2 aromatic rings. The summed E-state index contributed by atoms with van der Waals surface area (Å²) in [5, 5.41) is 19.0. The monoisotopic (exact) mass is 200 g/mol. The van der Waals surface area contributed by atoms with Gasteiger partial charge in [0, 0.05) is 5.56 Å². The van der Waals surface area contributed by atoms with E-state index in [2.05, 4.69) is 0 Å². The molecule has 0 saturated carbocycles. The van der Waals surface area contributed by atoms with E-state index in [1.165, 1.54) is 17.7 Å². The van der Waals surface area contributed by atoms with E-state index in [4.69, 9.17) is 0 Å². The van der Waals surface area contributed by atoms with Gasteiger partial charge >= 0.3 is 0 Å². The van der Waals surface area contributed by atoms with Crippen molar-refractivity contribution in [2.24, 2.45) is 0 Å². The summed E-state index contributed by atoms with van der Waals surface area (Å²) in [5.41, 5.74) is 2.71. The van der Waals surface area contributed by atoms with Gasteiger partial charge < -0.3 is 10.2 Å². The summed E-state index contributed by atoms with van der Waals surface area (Å²) in [5.74, 6) is 0.333. The summed E-state index contributed by atoms with van der Waals surface area (Å²) >= 11 is 0. The summed E-state index contributed by atoms with van der Waals surface area (Å²) in [4.78, 5) is 0. The van der Waals surface area contributed by atoms with Crippen molar-refractivity contribution in [1.82, 2.24) is 0 Å². The van der Waals surface area contributed by atoms with Gasteiger partial charge in [-0.1, -0.05) is 29.8 Å². The van der Waals surface area contributed by atoms with Crippen molar-refractivity contribution in [2.75, 3.05) is 0 Å². The molecule has 2 rings (SSSR count). The first-order valence-corrected chi connectivity index (χ1v) is 4.76. The van der Waals surface area contributed by atoms with Gasteiger partial charge in [-0.3, -0.25) is 0 Å². The zero-order valence-corrected chi connectivity index (χ0v) is 8.44. The van der Waals surface area contributed by atoms with Crippen molar-refractivity contribution >= 4 is 0 Å². The van der Waals surface area contributed by atoms with Crippen LogP contribution in [0.25, 0.3) is 11.1 Å². The maximum atomic E-state index is 9.65. The van der Waals surface area contributed by atoms with Gasteiger partial charge in [0.2, 0.25) is 0 Å². The van der Waals surface area contributed by atoms with E-state index in [-0.39, 0.29) is 11.5 Å². The maximum absolute atomic E-state index is 9.65. The van der Waals surface area contributed by atoms with E-state index in [1.807, 2.05) is 31.2 Å². The lowest BCUT2D eigenvalue weighted by molar-refractivity contribution is 0.462. The van der Waals surface area contributed by atoms with E-state index < -0.39 is 0 Å². The first-order valence-electron chi connectivity index (χ1n) is 4.76. The maximum Gasteiger partial charge on any atom is 0.123 e. The number of aryl methyl sites for hydroxylation is 1. The third-order valence-corrected chi connectivity index (χ3v) is 2.34. The highest BCUT2D eigenvalue weighted by Gasteiger charge is 2.04. The highest BCUT2D eigenvalue weighted by molar-refractivity contribution is 5.71. The fraction of sp³-hybridized carbons (Fsp3) is 0.0769. The van der Waals surface area contributed by atoms with Gasteiger partial charge in [0.05, 0.1) is 0 Å². The first kappa shape index (κ1) is 9.59. The van der Waals surface area contributed by atoms with Crippen molar-refractivity contribution in [3.63, 3.8) is 0 Å². The second-order valence-electron chi connectivity index (χ2n) is 3.57. The Morgan fingerprint density at radius 3 is 2.20 bits per heavy atom. The molecule has 0 aliphatic rings. The van der Waals surface area contributed by atoms with Crippen molar-refractivity contribution in [3.8, 4) is 22.6 Å². The molecule has 0 unspecified atom stereocenters. The lowest BCUT2D eigenvalue weighted by Gasteiger charge is -2.05. The summed E-state index contributed by atoms with van der Waals surface area (Å²) < 4.78 is 0. The molecule has 0 heterocycles. The van der Waals surface area contributed by atoms with Crippen LogP contribution in [0.3, 0.4) is 0 Å². The number of benzene rings is 2. The topological polar surface area (TPSA) is 40.5 Å². The lowest BCUT2D eigenvalue weighted by Crippen LogP contribution is -1.79. The van der Waals surface area contributed by atoms with Crippen LogP contribution in [0.15, 0.2) is 42.5 Å². The van der Waals surface area contributed by atoms with E-state index in [0.717, 1.165) is 5.56 Å². The third-order valence-electron chi connectivity index (χ3n) is 2.34. The smallest absolute Gasteiger partial charge is 0.123 e. The average molecular weight is 200 g/mol. The van der Waals surface area contributed by atoms with Gasteiger partial charge in [-0.05, 0) is 30.7 Å². The Labute approximate surface area is 88.4 Å². The Hall–Kier alpha value is -1.96. The molecule has 0 bridgehead atoms. The molecule has 0 radical (unpaired) electrons. The molecule has 0 aromatic heterocycles. The molecular formula is C13H12O2. The minimum atomic E-state index is 0.156. The third kappa shape index (κ3) is 1.94. The second-order valence-corrected chi connectivity index (χ2v) is 3.57. The number of phenols is 2. The predicted molar refractivity (Wildman–Crippen MR) is 59.9 cm³/mol. The van der Waals surface area contributed by atoms with Crippen molar-refractivity contribution in [1.29, 1.82) is 0 Å². The fourth-order valence-corrected chi connectivity index (χ4v) is 1.49. The SMILES string of the molecule is Cc1ccc(-c2cc(O)ccc2O)cc1. The standard InChI is InChI=1S/C13H12O2/c1-9-2-4-10(5-3-9)12-8-11(14)6-7-13(12)15/h2-8,14-15H,1H3. The quantitative estimate of drug-likeness (QED) is 0.694. The summed E-state index contributed by atoms with van der Waals surface area (Å²) in [6.07, 6.45) is 0. The van der Waals surface area contributed by atoms with Crippen LogP contribution in [0, 0.1) is 6.92 Å². The van der Waals surface area contributed by atoms with Crippen LogP contribution in [0.1, 0.15) is 5.56 Å². The molecule has 0 spiro atoms. The molecule has 0 aliphatic heterocycles. The van der Waals surface area contributed by atoms with Gasteiger partial charge in [-0.15, -0.1) is 0 Å². The highest BCUT2D eigenvalue weighted by Crippen LogP contribution is 2.32. The molecule has 0 fully saturated rings. The average Bonchev–Trinajstić information content (AvgIpc) is 2.23. The van der Waals surface area contributed by atoms with Crippen molar-refractivity contribution < 1.29 is 10.2 Å². The minimum absolute atomic E-state index is 0.156. The normalized spacial score (nSPS) is 10.2. The molecule has 0 aliphatic carbocycles. The van der Waals surface area contributed by atoms with Gasteiger partial charge in [-0.2, -0.15) is 0 Å². The summed E-state index contributed by atoms with van der Waals surface area (Å²) in [6, 6.07) is 12.3. The zero-order valence-electron chi connectivity index (χ0n) is 8.44. The molecule has 0 saturated heterocycles. The van der Waals surface area contributed by atoms with Gasteiger partial charge in [-0.25, -0.2) is 0 Å². The van der Waals surface area contributed by atoms with Crippen LogP contribution in [0.4, 0.5) is 0 Å². The Morgan fingerprint density at radius 2 is 1.53 bits per heavy atom. The van der Waals surface area contributed by atoms with E-state index in [0.29, 0.717) is 5.56 Å².